The van der Waals surface area contributed by atoms with Gasteiger partial charge in [-0.1, -0.05) is 56.3 Å². The Hall–Kier alpha value is -2.35. The zero-order valence-corrected chi connectivity index (χ0v) is 14.6. The summed E-state index contributed by atoms with van der Waals surface area (Å²) in [4.78, 5) is 11.3. The van der Waals surface area contributed by atoms with E-state index in [2.05, 4.69) is 68.4 Å². The Morgan fingerprint density at radius 2 is 1.54 bits per heavy atom. The van der Waals surface area contributed by atoms with Gasteiger partial charge in [-0.15, -0.1) is 0 Å². The van der Waals surface area contributed by atoms with Gasteiger partial charge in [0.25, 0.3) is 0 Å². The smallest absolute Gasteiger partial charge is 0.305 e. The molecule has 0 saturated carbocycles. The summed E-state index contributed by atoms with van der Waals surface area (Å²) in [6, 6.07) is 19.7. The molecule has 0 aliphatic rings. The summed E-state index contributed by atoms with van der Waals surface area (Å²) in [6.07, 6.45) is 2.29. The van der Waals surface area contributed by atoms with Crippen LogP contribution < -0.4 is 0 Å². The van der Waals surface area contributed by atoms with Crippen molar-refractivity contribution in [3.8, 4) is 0 Å². The van der Waals surface area contributed by atoms with E-state index in [-0.39, 0.29) is 11.4 Å². The molecule has 3 aromatic rings. The van der Waals surface area contributed by atoms with Gasteiger partial charge in [0, 0.05) is 6.42 Å². The van der Waals surface area contributed by atoms with E-state index in [0.29, 0.717) is 6.42 Å². The molecule has 0 bridgehead atoms. The van der Waals surface area contributed by atoms with Crippen LogP contribution in [-0.2, 0) is 14.9 Å². The lowest BCUT2D eigenvalue weighted by molar-refractivity contribution is -0.140. The van der Waals surface area contributed by atoms with E-state index in [4.69, 9.17) is 4.74 Å². The van der Waals surface area contributed by atoms with Crippen molar-refractivity contribution in [3.05, 3.63) is 60.2 Å². The third kappa shape index (κ3) is 3.43. The molecule has 3 aromatic carbocycles. The second-order valence-electron chi connectivity index (χ2n) is 7.07. The summed E-state index contributed by atoms with van der Waals surface area (Å²) in [6.45, 7) is 4.49. The van der Waals surface area contributed by atoms with E-state index in [1.807, 2.05) is 0 Å². The minimum absolute atomic E-state index is 0.0356. The number of fused-ring (bicyclic) bond motifs is 2. The lowest BCUT2D eigenvalue weighted by atomic mass is 9.79. The maximum absolute atomic E-state index is 11.3. The van der Waals surface area contributed by atoms with Crippen LogP contribution in [0.5, 0.6) is 0 Å². The average molecular weight is 320 g/mol. The van der Waals surface area contributed by atoms with E-state index < -0.39 is 0 Å². The second kappa shape index (κ2) is 6.64. The molecule has 3 rings (SSSR count). The highest BCUT2D eigenvalue weighted by Gasteiger charge is 2.21. The van der Waals surface area contributed by atoms with E-state index in [0.717, 1.165) is 12.8 Å². The van der Waals surface area contributed by atoms with Crippen LogP contribution in [0.2, 0.25) is 0 Å². The molecule has 0 radical (unpaired) electrons. The first-order chi connectivity index (χ1) is 11.5. The van der Waals surface area contributed by atoms with Crippen molar-refractivity contribution in [2.45, 2.75) is 38.5 Å². The number of carbonyl (C=O) groups is 1. The number of esters is 1. The van der Waals surface area contributed by atoms with Crippen molar-refractivity contribution >= 4 is 27.5 Å². The molecule has 0 saturated heterocycles. The Morgan fingerprint density at radius 1 is 0.917 bits per heavy atom. The number of ether oxygens (including phenoxy) is 1. The van der Waals surface area contributed by atoms with E-state index in [9.17, 15) is 4.79 Å². The third-order valence-corrected chi connectivity index (χ3v) is 4.90. The van der Waals surface area contributed by atoms with Gasteiger partial charge in [0.2, 0.25) is 0 Å². The van der Waals surface area contributed by atoms with Crippen molar-refractivity contribution in [3.63, 3.8) is 0 Å². The fourth-order valence-electron chi connectivity index (χ4n) is 3.28. The maximum atomic E-state index is 11.3. The minimum Gasteiger partial charge on any atom is -0.469 e. The molecule has 0 aromatic heterocycles. The monoisotopic (exact) mass is 320 g/mol. The van der Waals surface area contributed by atoms with E-state index in [1.165, 1.54) is 34.2 Å². The summed E-state index contributed by atoms with van der Waals surface area (Å²) in [5, 5.41) is 5.08. The maximum Gasteiger partial charge on any atom is 0.305 e. The average Bonchev–Trinajstić information content (AvgIpc) is 2.59. The Bertz CT molecular complexity index is 877. The molecule has 0 atom stereocenters. The number of hydrogen-bond acceptors (Lipinski definition) is 2. The Labute approximate surface area is 143 Å². The highest BCUT2D eigenvalue weighted by Crippen LogP contribution is 2.32. The van der Waals surface area contributed by atoms with Gasteiger partial charge >= 0.3 is 5.97 Å². The van der Waals surface area contributed by atoms with Crippen LogP contribution >= 0.6 is 0 Å². The lowest BCUT2D eigenvalue weighted by Crippen LogP contribution is -2.17. The standard InChI is InChI=1S/C22H24O2/c1-22(2,12-6-9-21(23)24-3)20-11-10-18-13-16-7-4-5-8-17(16)14-19(18)15-20/h4-5,7-8,10-11,13-15H,6,9,12H2,1-3H3. The predicted molar refractivity (Wildman–Crippen MR) is 100 cm³/mol. The number of carbonyl (C=O) groups excluding carboxylic acids is 1. The van der Waals surface area contributed by atoms with Crippen LogP contribution in [-0.4, -0.2) is 13.1 Å². The largest absolute Gasteiger partial charge is 0.469 e. The summed E-state index contributed by atoms with van der Waals surface area (Å²) in [7, 11) is 1.45. The first kappa shape index (κ1) is 16.5. The second-order valence-corrected chi connectivity index (χ2v) is 7.07. The molecule has 24 heavy (non-hydrogen) atoms. The van der Waals surface area contributed by atoms with Gasteiger partial charge in [-0.25, -0.2) is 0 Å². The lowest BCUT2D eigenvalue weighted by Gasteiger charge is -2.25. The molecule has 0 amide bonds. The van der Waals surface area contributed by atoms with Gasteiger partial charge in [-0.3, -0.25) is 4.79 Å². The zero-order chi connectivity index (χ0) is 17.2. The summed E-state index contributed by atoms with van der Waals surface area (Å²) in [5.74, 6) is -0.129. The van der Waals surface area contributed by atoms with Crippen molar-refractivity contribution in [2.75, 3.05) is 7.11 Å². The molecular weight excluding hydrogens is 296 g/mol. The molecule has 0 spiro atoms. The zero-order valence-electron chi connectivity index (χ0n) is 14.6. The molecule has 0 fully saturated rings. The van der Waals surface area contributed by atoms with Crippen molar-refractivity contribution in [1.29, 1.82) is 0 Å². The molecule has 2 nitrogen and oxygen atoms in total. The van der Waals surface area contributed by atoms with Crippen LogP contribution in [0, 0.1) is 0 Å². The molecule has 0 aliphatic heterocycles. The molecule has 0 aliphatic carbocycles. The van der Waals surface area contributed by atoms with Gasteiger partial charge in [-0.2, -0.15) is 0 Å². The van der Waals surface area contributed by atoms with Crippen LogP contribution in [0.25, 0.3) is 21.5 Å². The number of methoxy groups -OCH3 is 1. The van der Waals surface area contributed by atoms with E-state index in [1.54, 1.807) is 0 Å². The molecular formula is C22H24O2. The number of benzene rings is 3. The van der Waals surface area contributed by atoms with Gasteiger partial charge < -0.3 is 4.74 Å². The normalized spacial score (nSPS) is 11.8. The molecule has 124 valence electrons. The first-order valence-electron chi connectivity index (χ1n) is 8.49. The van der Waals surface area contributed by atoms with Gasteiger partial charge in [0.1, 0.15) is 0 Å². The number of rotatable bonds is 5. The molecule has 2 heteroatoms. The summed E-state index contributed by atoms with van der Waals surface area (Å²) >= 11 is 0. The van der Waals surface area contributed by atoms with Crippen molar-refractivity contribution in [2.24, 2.45) is 0 Å². The third-order valence-electron chi connectivity index (χ3n) is 4.90. The van der Waals surface area contributed by atoms with Crippen molar-refractivity contribution < 1.29 is 9.53 Å². The summed E-state index contributed by atoms with van der Waals surface area (Å²) in [5.41, 5.74) is 1.35. The fourth-order valence-corrected chi connectivity index (χ4v) is 3.28. The minimum atomic E-state index is -0.129. The molecule has 0 unspecified atom stereocenters. The SMILES string of the molecule is COC(=O)CCCC(C)(C)c1ccc2cc3ccccc3cc2c1. The summed E-state index contributed by atoms with van der Waals surface area (Å²) < 4.78 is 4.73. The highest BCUT2D eigenvalue weighted by molar-refractivity contribution is 5.98. The molecule has 0 heterocycles. The first-order valence-corrected chi connectivity index (χ1v) is 8.49. The fraction of sp³-hybridized carbons (Fsp3) is 0.318. The van der Waals surface area contributed by atoms with Crippen LogP contribution in [0.1, 0.15) is 38.7 Å². The topological polar surface area (TPSA) is 26.3 Å². The van der Waals surface area contributed by atoms with Crippen LogP contribution in [0.4, 0.5) is 0 Å². The van der Waals surface area contributed by atoms with Gasteiger partial charge in [-0.05, 0) is 57.5 Å². The van der Waals surface area contributed by atoms with Crippen LogP contribution in [0.3, 0.4) is 0 Å². The molecule has 0 N–H and O–H groups in total. The Morgan fingerprint density at radius 3 is 2.21 bits per heavy atom. The van der Waals surface area contributed by atoms with Crippen LogP contribution in [0.15, 0.2) is 54.6 Å². The van der Waals surface area contributed by atoms with Gasteiger partial charge in [0.15, 0.2) is 0 Å². The Balaban J connectivity index is 1.88. The van der Waals surface area contributed by atoms with Gasteiger partial charge in [0.05, 0.1) is 7.11 Å². The quantitative estimate of drug-likeness (QED) is 0.451. The number of hydrogen-bond donors (Lipinski definition) is 0. The Kier molecular flexibility index (Phi) is 4.57. The predicted octanol–water partition coefficient (Wildman–Crippen LogP) is 5.61. The van der Waals surface area contributed by atoms with Crippen molar-refractivity contribution in [1.82, 2.24) is 0 Å². The van der Waals surface area contributed by atoms with E-state index >= 15 is 0 Å². The highest BCUT2D eigenvalue weighted by atomic mass is 16.5.